The number of benzene rings is 1. The number of pyridine rings is 1. The molecule has 0 aliphatic carbocycles. The van der Waals surface area contributed by atoms with E-state index in [0.29, 0.717) is 0 Å². The zero-order chi connectivity index (χ0) is 18.9. The Labute approximate surface area is 161 Å². The molecule has 5 aromatic rings. The third kappa shape index (κ3) is 2.87. The van der Waals surface area contributed by atoms with Gasteiger partial charge >= 0.3 is 0 Å². The van der Waals surface area contributed by atoms with Crippen molar-refractivity contribution < 1.29 is 0 Å². The topological polar surface area (TPSA) is 72.9 Å². The van der Waals surface area contributed by atoms with Gasteiger partial charge in [-0.25, -0.2) is 9.97 Å². The van der Waals surface area contributed by atoms with Gasteiger partial charge in [-0.3, -0.25) is 4.98 Å². The first kappa shape index (κ1) is 16.4. The van der Waals surface area contributed by atoms with Gasteiger partial charge < -0.3 is 9.88 Å². The summed E-state index contributed by atoms with van der Waals surface area (Å²) in [5.41, 5.74) is 4.89. The van der Waals surface area contributed by atoms with Crippen LogP contribution >= 0.6 is 0 Å². The highest BCUT2D eigenvalue weighted by Crippen LogP contribution is 2.21. The minimum atomic E-state index is 0.742. The third-order valence-corrected chi connectivity index (χ3v) is 4.87. The molecule has 7 heteroatoms. The number of aromatic nitrogens is 6. The zero-order valence-electron chi connectivity index (χ0n) is 15.4. The lowest BCUT2D eigenvalue weighted by atomic mass is 10.2. The first-order valence-electron chi connectivity index (χ1n) is 9.19. The van der Waals surface area contributed by atoms with Crippen LogP contribution in [0.1, 0.15) is 5.82 Å². The van der Waals surface area contributed by atoms with Crippen LogP contribution in [0.15, 0.2) is 67.1 Å². The lowest BCUT2D eigenvalue weighted by Gasteiger charge is -2.11. The minimum Gasteiger partial charge on any atom is -0.369 e. The van der Waals surface area contributed by atoms with E-state index in [1.807, 2.05) is 47.0 Å². The Bertz CT molecular complexity index is 1250. The van der Waals surface area contributed by atoms with Gasteiger partial charge in [0.25, 0.3) is 0 Å². The number of aryl methyl sites for hydroxylation is 1. The van der Waals surface area contributed by atoms with Crippen LogP contribution in [0.2, 0.25) is 0 Å². The number of nitrogens with one attached hydrogen (secondary N) is 1. The Hall–Kier alpha value is -3.74. The number of para-hydroxylation sites is 2. The molecule has 0 bridgehead atoms. The smallest absolute Gasteiger partial charge is 0.157 e. The molecule has 0 aliphatic heterocycles. The van der Waals surface area contributed by atoms with Gasteiger partial charge in [0.1, 0.15) is 11.6 Å². The highest BCUT2D eigenvalue weighted by atomic mass is 15.3. The highest BCUT2D eigenvalue weighted by molar-refractivity contribution is 5.75. The SMILES string of the molecule is Cn1c(CCNc2cc(-c3ccncc3)nc3ccnn23)nc2ccccc21. The molecule has 0 spiro atoms. The third-order valence-electron chi connectivity index (χ3n) is 4.87. The fourth-order valence-electron chi connectivity index (χ4n) is 3.43. The summed E-state index contributed by atoms with van der Waals surface area (Å²) in [6.45, 7) is 0.742. The summed E-state index contributed by atoms with van der Waals surface area (Å²) in [7, 11) is 2.06. The van der Waals surface area contributed by atoms with Gasteiger partial charge in [0, 0.05) is 50.1 Å². The summed E-state index contributed by atoms with van der Waals surface area (Å²) in [6.07, 6.45) is 6.11. The largest absolute Gasteiger partial charge is 0.369 e. The van der Waals surface area contributed by atoms with E-state index in [0.717, 1.165) is 52.5 Å². The Morgan fingerprint density at radius 3 is 2.68 bits per heavy atom. The Morgan fingerprint density at radius 1 is 0.964 bits per heavy atom. The van der Waals surface area contributed by atoms with Crippen LogP contribution in [0.3, 0.4) is 0 Å². The van der Waals surface area contributed by atoms with Gasteiger partial charge in [-0.2, -0.15) is 9.61 Å². The predicted octanol–water partition coefficient (Wildman–Crippen LogP) is 3.33. The van der Waals surface area contributed by atoms with Gasteiger partial charge in [0.05, 0.1) is 22.9 Å². The monoisotopic (exact) mass is 369 g/mol. The van der Waals surface area contributed by atoms with Crippen molar-refractivity contribution in [2.45, 2.75) is 6.42 Å². The van der Waals surface area contributed by atoms with Gasteiger partial charge in [-0.1, -0.05) is 12.1 Å². The van der Waals surface area contributed by atoms with Crippen molar-refractivity contribution in [2.75, 3.05) is 11.9 Å². The van der Waals surface area contributed by atoms with Crippen molar-refractivity contribution in [3.63, 3.8) is 0 Å². The summed E-state index contributed by atoms with van der Waals surface area (Å²) in [5.74, 6) is 1.95. The maximum Gasteiger partial charge on any atom is 0.157 e. The van der Waals surface area contributed by atoms with Crippen molar-refractivity contribution in [3.8, 4) is 11.3 Å². The molecule has 0 unspecified atom stereocenters. The van der Waals surface area contributed by atoms with Crippen LogP contribution in [-0.2, 0) is 13.5 Å². The molecule has 0 radical (unpaired) electrons. The highest BCUT2D eigenvalue weighted by Gasteiger charge is 2.10. The average molecular weight is 369 g/mol. The standard InChI is InChI=1S/C21H19N7/c1-27-18-5-3-2-4-16(18)25-19(27)8-12-23-21-14-17(15-6-10-22-11-7-15)26-20-9-13-24-28(20)21/h2-7,9-11,13-14,23H,8,12H2,1H3. The summed E-state index contributed by atoms with van der Waals surface area (Å²) < 4.78 is 3.97. The summed E-state index contributed by atoms with van der Waals surface area (Å²) >= 11 is 0. The maximum atomic E-state index is 4.74. The van der Waals surface area contributed by atoms with Crippen molar-refractivity contribution in [1.29, 1.82) is 0 Å². The molecule has 0 saturated heterocycles. The number of anilines is 1. The molecule has 5 rings (SSSR count). The lowest BCUT2D eigenvalue weighted by Crippen LogP contribution is -2.12. The van der Waals surface area contributed by atoms with E-state index in [9.17, 15) is 0 Å². The Balaban J connectivity index is 1.41. The molecule has 28 heavy (non-hydrogen) atoms. The van der Waals surface area contributed by atoms with Crippen LogP contribution < -0.4 is 5.32 Å². The normalized spacial score (nSPS) is 11.3. The Morgan fingerprint density at radius 2 is 1.82 bits per heavy atom. The molecular weight excluding hydrogens is 350 g/mol. The lowest BCUT2D eigenvalue weighted by molar-refractivity contribution is 0.802. The van der Waals surface area contributed by atoms with E-state index in [1.165, 1.54) is 0 Å². The molecule has 0 fully saturated rings. The summed E-state index contributed by atoms with van der Waals surface area (Å²) in [4.78, 5) is 13.5. The summed E-state index contributed by atoms with van der Waals surface area (Å²) in [5, 5.41) is 7.89. The van der Waals surface area contributed by atoms with Crippen molar-refractivity contribution >= 4 is 22.5 Å². The molecule has 1 aromatic carbocycles. The minimum absolute atomic E-state index is 0.742. The van der Waals surface area contributed by atoms with Gasteiger partial charge in [-0.15, -0.1) is 0 Å². The van der Waals surface area contributed by atoms with E-state index >= 15 is 0 Å². The number of fused-ring (bicyclic) bond motifs is 2. The molecule has 0 aliphatic rings. The summed E-state index contributed by atoms with van der Waals surface area (Å²) in [6, 6.07) is 16.0. The van der Waals surface area contributed by atoms with E-state index in [-0.39, 0.29) is 0 Å². The molecule has 4 heterocycles. The van der Waals surface area contributed by atoms with Crippen LogP contribution in [0.5, 0.6) is 0 Å². The van der Waals surface area contributed by atoms with Gasteiger partial charge in [-0.05, 0) is 24.3 Å². The van der Waals surface area contributed by atoms with Crippen LogP contribution in [0.25, 0.3) is 27.9 Å². The molecule has 0 saturated carbocycles. The van der Waals surface area contributed by atoms with Crippen LogP contribution in [0.4, 0.5) is 5.82 Å². The van der Waals surface area contributed by atoms with Crippen molar-refractivity contribution in [1.82, 2.24) is 29.1 Å². The average Bonchev–Trinajstić information content (AvgIpc) is 3.34. The fourth-order valence-corrected chi connectivity index (χ4v) is 3.43. The molecular formula is C21H19N7. The zero-order valence-corrected chi connectivity index (χ0v) is 15.4. The second-order valence-corrected chi connectivity index (χ2v) is 6.62. The first-order chi connectivity index (χ1) is 13.8. The number of hydrogen-bond acceptors (Lipinski definition) is 5. The molecule has 7 nitrogen and oxygen atoms in total. The number of hydrogen-bond donors (Lipinski definition) is 1. The van der Waals surface area contributed by atoms with Crippen LogP contribution in [-0.4, -0.2) is 35.7 Å². The van der Waals surface area contributed by atoms with E-state index in [1.54, 1.807) is 18.6 Å². The molecule has 0 amide bonds. The van der Waals surface area contributed by atoms with E-state index in [4.69, 9.17) is 9.97 Å². The van der Waals surface area contributed by atoms with E-state index in [2.05, 4.69) is 33.1 Å². The second kappa shape index (κ2) is 6.77. The number of imidazole rings is 1. The Kier molecular flexibility index (Phi) is 3.97. The maximum absolute atomic E-state index is 4.74. The molecule has 138 valence electrons. The quantitative estimate of drug-likeness (QED) is 0.514. The second-order valence-electron chi connectivity index (χ2n) is 6.62. The number of nitrogens with zero attached hydrogens (tertiary/aromatic N) is 6. The molecule has 4 aromatic heterocycles. The van der Waals surface area contributed by atoms with Gasteiger partial charge in [0.15, 0.2) is 5.65 Å². The fraction of sp³-hybridized carbons (Fsp3) is 0.143. The van der Waals surface area contributed by atoms with Crippen molar-refractivity contribution in [3.05, 3.63) is 72.9 Å². The first-order valence-corrected chi connectivity index (χ1v) is 9.19. The number of rotatable bonds is 5. The van der Waals surface area contributed by atoms with E-state index < -0.39 is 0 Å². The van der Waals surface area contributed by atoms with Gasteiger partial charge in [0.2, 0.25) is 0 Å². The van der Waals surface area contributed by atoms with Crippen molar-refractivity contribution in [2.24, 2.45) is 7.05 Å². The van der Waals surface area contributed by atoms with Crippen LogP contribution in [0, 0.1) is 0 Å². The predicted molar refractivity (Wildman–Crippen MR) is 109 cm³/mol. The molecule has 0 atom stereocenters. The molecule has 1 N–H and O–H groups in total.